The number of aliphatic imine (C=N–C) groups is 2. The van der Waals surface area contributed by atoms with Crippen molar-refractivity contribution in [3.63, 3.8) is 0 Å². The Morgan fingerprint density at radius 2 is 1.09 bits per heavy atom. The van der Waals surface area contributed by atoms with Gasteiger partial charge < -0.3 is 14.2 Å². The lowest BCUT2D eigenvalue weighted by Crippen LogP contribution is -2.12. The van der Waals surface area contributed by atoms with E-state index in [2.05, 4.69) is 58.5 Å². The molecule has 5 heteroatoms. The van der Waals surface area contributed by atoms with Gasteiger partial charge in [0.15, 0.2) is 0 Å². The zero-order valence-corrected chi connectivity index (χ0v) is 12.7. The van der Waals surface area contributed by atoms with Crippen LogP contribution < -0.4 is 0 Å². The molecule has 0 saturated heterocycles. The first-order chi connectivity index (χ1) is 11.4. The van der Waals surface area contributed by atoms with Gasteiger partial charge in [0.1, 0.15) is 13.2 Å². The van der Waals surface area contributed by atoms with E-state index >= 15 is 0 Å². The highest BCUT2D eigenvalue weighted by Gasteiger charge is 2.16. The first-order valence-corrected chi connectivity index (χ1v) is 7.54. The van der Waals surface area contributed by atoms with Crippen molar-refractivity contribution >= 4 is 12.2 Å². The minimum Gasteiger partial charge on any atom is -0.448 e. The number of rotatable bonds is 1. The van der Waals surface area contributed by atoms with E-state index in [1.807, 2.05) is 12.1 Å². The van der Waals surface area contributed by atoms with Crippen LogP contribution in [0.1, 0.15) is 0 Å². The largest absolute Gasteiger partial charge is 0.448 e. The maximum absolute atomic E-state index is 5.03. The molecule has 4 rings (SSSR count). The van der Waals surface area contributed by atoms with Gasteiger partial charge >= 0.3 is 12.2 Å². The monoisotopic (exact) mass is 310 g/mol. The highest BCUT2D eigenvalue weighted by molar-refractivity contribution is 5.84. The minimum atomic E-state index is 0.269. The van der Waals surface area contributed by atoms with E-state index in [4.69, 9.17) is 14.2 Å². The zero-order valence-electron chi connectivity index (χ0n) is 12.7. The van der Waals surface area contributed by atoms with Crippen molar-refractivity contribution in [3.8, 4) is 11.1 Å². The van der Waals surface area contributed by atoms with E-state index in [9.17, 15) is 0 Å². The Morgan fingerprint density at radius 1 is 0.652 bits per heavy atom. The van der Waals surface area contributed by atoms with Crippen LogP contribution >= 0.6 is 0 Å². The van der Waals surface area contributed by atoms with Crippen LogP contribution in [0.5, 0.6) is 0 Å². The molecule has 2 aliphatic rings. The van der Waals surface area contributed by atoms with Crippen LogP contribution in [0.15, 0.2) is 70.6 Å². The smallest absolute Gasteiger partial charge is 0.392 e. The SMILES string of the molecule is C1COC(OC2=NCCO2)=N1.c1ccc(-c2ccccc2)cc1. The Bertz CT molecular complexity index is 610. The Hall–Kier alpha value is -2.82. The molecular formula is C18H18N2O3. The average molecular weight is 310 g/mol. The molecule has 5 nitrogen and oxygen atoms in total. The minimum absolute atomic E-state index is 0.269. The summed E-state index contributed by atoms with van der Waals surface area (Å²) in [6, 6.07) is 20.8. The molecule has 0 bridgehead atoms. The van der Waals surface area contributed by atoms with Crippen LogP contribution in [0.4, 0.5) is 0 Å². The Morgan fingerprint density at radius 3 is 1.43 bits per heavy atom. The summed E-state index contributed by atoms with van der Waals surface area (Å²) < 4.78 is 15.0. The molecule has 0 radical (unpaired) electrons. The molecule has 2 aromatic carbocycles. The van der Waals surface area contributed by atoms with E-state index in [0.717, 1.165) is 0 Å². The Labute approximate surface area is 135 Å². The van der Waals surface area contributed by atoms with Gasteiger partial charge in [-0.25, -0.2) is 9.98 Å². The van der Waals surface area contributed by atoms with Crippen molar-refractivity contribution in [2.75, 3.05) is 26.3 Å². The summed E-state index contributed by atoms with van der Waals surface area (Å²) in [5, 5.41) is 0. The van der Waals surface area contributed by atoms with E-state index < -0.39 is 0 Å². The second-order valence-corrected chi connectivity index (χ2v) is 4.83. The number of benzene rings is 2. The number of hydrogen-bond acceptors (Lipinski definition) is 5. The summed E-state index contributed by atoms with van der Waals surface area (Å²) in [5.74, 6) is 0. The van der Waals surface area contributed by atoms with E-state index in [-0.39, 0.29) is 12.2 Å². The van der Waals surface area contributed by atoms with Gasteiger partial charge in [0.25, 0.3) is 0 Å². The summed E-state index contributed by atoms with van der Waals surface area (Å²) in [7, 11) is 0. The highest BCUT2D eigenvalue weighted by atomic mass is 16.8. The maximum Gasteiger partial charge on any atom is 0.392 e. The van der Waals surface area contributed by atoms with Crippen molar-refractivity contribution in [2.45, 2.75) is 0 Å². The second-order valence-electron chi connectivity index (χ2n) is 4.83. The lowest BCUT2D eigenvalue weighted by molar-refractivity contribution is 0.214. The molecule has 0 N–H and O–H groups in total. The molecule has 2 aliphatic heterocycles. The molecule has 0 unspecified atom stereocenters. The van der Waals surface area contributed by atoms with E-state index in [1.165, 1.54) is 11.1 Å². The van der Waals surface area contributed by atoms with E-state index in [0.29, 0.717) is 26.3 Å². The molecule has 0 atom stereocenters. The topological polar surface area (TPSA) is 52.4 Å². The third-order valence-electron chi connectivity index (χ3n) is 3.17. The van der Waals surface area contributed by atoms with Gasteiger partial charge in [-0.05, 0) is 11.1 Å². The van der Waals surface area contributed by atoms with Crippen LogP contribution in [0.25, 0.3) is 11.1 Å². The maximum atomic E-state index is 5.03. The summed E-state index contributed by atoms with van der Waals surface area (Å²) in [6.45, 7) is 2.48. The average Bonchev–Trinajstić information content (AvgIpc) is 3.32. The third-order valence-corrected chi connectivity index (χ3v) is 3.17. The molecule has 23 heavy (non-hydrogen) atoms. The standard InChI is InChI=1S/C12H10.C6H8N2O3/c1-3-7-11(8-4-1)12-9-5-2-6-10-12;1-3-9-5(7-1)11-6-8-2-4-10-6/h1-10H;1-4H2. The van der Waals surface area contributed by atoms with Crippen LogP contribution in [0, 0.1) is 0 Å². The Kier molecular flexibility index (Phi) is 5.24. The normalized spacial score (nSPS) is 15.5. The summed E-state index contributed by atoms with van der Waals surface area (Å²) in [6.07, 6.45) is 0.538. The van der Waals surface area contributed by atoms with Gasteiger partial charge in [-0.1, -0.05) is 60.7 Å². The van der Waals surface area contributed by atoms with Crippen LogP contribution in [-0.2, 0) is 14.2 Å². The first-order valence-electron chi connectivity index (χ1n) is 7.54. The fraction of sp³-hybridized carbons (Fsp3) is 0.222. The lowest BCUT2D eigenvalue weighted by atomic mass is 10.1. The number of hydrogen-bond donors (Lipinski definition) is 0. The third kappa shape index (κ3) is 4.57. The fourth-order valence-electron chi connectivity index (χ4n) is 2.09. The highest BCUT2D eigenvalue weighted by Crippen LogP contribution is 2.17. The van der Waals surface area contributed by atoms with Crippen molar-refractivity contribution in [2.24, 2.45) is 9.98 Å². The van der Waals surface area contributed by atoms with Gasteiger partial charge in [-0.3, -0.25) is 0 Å². The molecule has 118 valence electrons. The lowest BCUT2D eigenvalue weighted by Gasteiger charge is -2.01. The van der Waals surface area contributed by atoms with Gasteiger partial charge in [-0.2, -0.15) is 0 Å². The first kappa shape index (κ1) is 15.1. The summed E-state index contributed by atoms with van der Waals surface area (Å²) in [4.78, 5) is 7.82. The Balaban J connectivity index is 0.000000136. The van der Waals surface area contributed by atoms with Crippen molar-refractivity contribution < 1.29 is 14.2 Å². The van der Waals surface area contributed by atoms with Crippen molar-refractivity contribution in [1.82, 2.24) is 0 Å². The second kappa shape index (κ2) is 7.98. The van der Waals surface area contributed by atoms with Crippen LogP contribution in [0.3, 0.4) is 0 Å². The van der Waals surface area contributed by atoms with Crippen LogP contribution in [-0.4, -0.2) is 38.5 Å². The number of ether oxygens (including phenoxy) is 3. The van der Waals surface area contributed by atoms with E-state index in [1.54, 1.807) is 0 Å². The summed E-state index contributed by atoms with van der Waals surface area (Å²) >= 11 is 0. The predicted molar refractivity (Wildman–Crippen MR) is 89.5 cm³/mol. The molecule has 0 aromatic heterocycles. The van der Waals surface area contributed by atoms with Crippen molar-refractivity contribution in [3.05, 3.63) is 60.7 Å². The van der Waals surface area contributed by atoms with Gasteiger partial charge in [0, 0.05) is 0 Å². The summed E-state index contributed by atoms with van der Waals surface area (Å²) in [5.41, 5.74) is 2.55. The predicted octanol–water partition coefficient (Wildman–Crippen LogP) is 3.13. The molecule has 0 fully saturated rings. The van der Waals surface area contributed by atoms with Gasteiger partial charge in [0.2, 0.25) is 0 Å². The van der Waals surface area contributed by atoms with Crippen LogP contribution in [0.2, 0.25) is 0 Å². The zero-order chi connectivity index (χ0) is 15.7. The van der Waals surface area contributed by atoms with Gasteiger partial charge in [0.05, 0.1) is 13.1 Å². The molecular weight excluding hydrogens is 292 g/mol. The molecule has 0 amide bonds. The molecule has 2 heterocycles. The quantitative estimate of drug-likeness (QED) is 0.813. The molecule has 2 aromatic rings. The number of nitrogens with zero attached hydrogens (tertiary/aromatic N) is 2. The molecule has 0 spiro atoms. The molecule has 0 saturated carbocycles. The fourth-order valence-corrected chi connectivity index (χ4v) is 2.09. The molecule has 0 aliphatic carbocycles. The van der Waals surface area contributed by atoms with Crippen molar-refractivity contribution in [1.29, 1.82) is 0 Å². The van der Waals surface area contributed by atoms with Gasteiger partial charge in [-0.15, -0.1) is 0 Å².